The highest BCUT2D eigenvalue weighted by atomic mass is 32.1. The Bertz CT molecular complexity index is 354. The number of hydrogen-bond donors (Lipinski definition) is 2. The van der Waals surface area contributed by atoms with Crippen LogP contribution in [-0.4, -0.2) is 11.3 Å². The summed E-state index contributed by atoms with van der Waals surface area (Å²) in [5, 5.41) is 3.99. The number of nitrogens with one attached hydrogen (secondary N) is 1. The van der Waals surface area contributed by atoms with Gasteiger partial charge in [0.2, 0.25) is 0 Å². The highest BCUT2D eigenvalue weighted by Crippen LogP contribution is 2.02. The number of hydrogen-bond acceptors (Lipinski definition) is 2. The summed E-state index contributed by atoms with van der Waals surface area (Å²) in [6.45, 7) is 3.67. The van der Waals surface area contributed by atoms with E-state index >= 15 is 0 Å². The molecule has 3 N–H and O–H groups in total. The van der Waals surface area contributed by atoms with E-state index in [4.69, 9.17) is 5.73 Å². The summed E-state index contributed by atoms with van der Waals surface area (Å²) in [5.41, 5.74) is 9.72. The quantitative estimate of drug-likeness (QED) is 0.446. The third kappa shape index (κ3) is 3.37. The summed E-state index contributed by atoms with van der Waals surface area (Å²) in [4.78, 5) is 0. The van der Waals surface area contributed by atoms with Crippen molar-refractivity contribution in [2.75, 3.05) is 0 Å². The Balaban J connectivity index is 2.63. The van der Waals surface area contributed by atoms with Gasteiger partial charge >= 0.3 is 0 Å². The van der Waals surface area contributed by atoms with Crippen molar-refractivity contribution in [3.8, 4) is 0 Å². The SMILES string of the molecule is C=Cc1ccc(/C=N/NC(N)=S)cc1. The Morgan fingerprint density at radius 1 is 1.36 bits per heavy atom. The van der Waals surface area contributed by atoms with Crippen LogP contribution < -0.4 is 11.2 Å². The molecule has 1 rings (SSSR count). The summed E-state index contributed by atoms with van der Waals surface area (Å²) in [6, 6.07) is 7.77. The Kier molecular flexibility index (Phi) is 3.82. The Labute approximate surface area is 88.3 Å². The number of nitrogens with two attached hydrogens (primary N) is 1. The van der Waals surface area contributed by atoms with Gasteiger partial charge in [0.15, 0.2) is 5.11 Å². The molecular formula is C10H11N3S. The fourth-order valence-electron chi connectivity index (χ4n) is 0.889. The Morgan fingerprint density at radius 3 is 2.43 bits per heavy atom. The fourth-order valence-corrected chi connectivity index (χ4v) is 0.941. The van der Waals surface area contributed by atoms with Crippen LogP contribution in [0.2, 0.25) is 0 Å². The molecule has 0 aliphatic rings. The molecule has 0 amide bonds. The van der Waals surface area contributed by atoms with Crippen molar-refractivity contribution in [1.82, 2.24) is 5.43 Å². The molecule has 3 nitrogen and oxygen atoms in total. The summed E-state index contributed by atoms with van der Waals surface area (Å²) in [6.07, 6.45) is 3.43. The number of hydrazone groups is 1. The van der Waals surface area contributed by atoms with Gasteiger partial charge in [0.25, 0.3) is 0 Å². The molecule has 1 aromatic carbocycles. The van der Waals surface area contributed by atoms with E-state index in [0.29, 0.717) is 0 Å². The van der Waals surface area contributed by atoms with E-state index in [1.807, 2.05) is 24.3 Å². The second-order valence-corrected chi connectivity index (χ2v) is 3.04. The smallest absolute Gasteiger partial charge is 0.184 e. The lowest BCUT2D eigenvalue weighted by atomic mass is 10.1. The van der Waals surface area contributed by atoms with Crippen LogP contribution in [0.1, 0.15) is 11.1 Å². The molecule has 0 aromatic heterocycles. The van der Waals surface area contributed by atoms with Crippen LogP contribution >= 0.6 is 12.2 Å². The lowest BCUT2D eigenvalue weighted by molar-refractivity contribution is 1.04. The van der Waals surface area contributed by atoms with Gasteiger partial charge in [-0.1, -0.05) is 36.9 Å². The monoisotopic (exact) mass is 205 g/mol. The Morgan fingerprint density at radius 2 is 1.93 bits per heavy atom. The van der Waals surface area contributed by atoms with E-state index < -0.39 is 0 Å². The van der Waals surface area contributed by atoms with E-state index in [1.54, 1.807) is 12.3 Å². The predicted molar refractivity (Wildman–Crippen MR) is 64.0 cm³/mol. The van der Waals surface area contributed by atoms with Crippen molar-refractivity contribution in [3.05, 3.63) is 42.0 Å². The van der Waals surface area contributed by atoms with E-state index in [2.05, 4.69) is 29.3 Å². The highest BCUT2D eigenvalue weighted by molar-refractivity contribution is 7.80. The normalized spacial score (nSPS) is 10.0. The average molecular weight is 205 g/mol. The summed E-state index contributed by atoms with van der Waals surface area (Å²) >= 11 is 4.59. The third-order valence-electron chi connectivity index (χ3n) is 1.56. The topological polar surface area (TPSA) is 50.4 Å². The summed E-state index contributed by atoms with van der Waals surface area (Å²) in [5.74, 6) is 0. The van der Waals surface area contributed by atoms with Crippen molar-refractivity contribution < 1.29 is 0 Å². The molecule has 0 radical (unpaired) electrons. The van der Waals surface area contributed by atoms with Gasteiger partial charge in [0, 0.05) is 0 Å². The van der Waals surface area contributed by atoms with E-state index in [-0.39, 0.29) is 5.11 Å². The molecule has 0 saturated heterocycles. The molecule has 0 aliphatic carbocycles. The lowest BCUT2D eigenvalue weighted by Gasteiger charge is -1.96. The zero-order chi connectivity index (χ0) is 10.4. The van der Waals surface area contributed by atoms with Gasteiger partial charge in [0.1, 0.15) is 0 Å². The molecule has 0 spiro atoms. The molecule has 14 heavy (non-hydrogen) atoms. The lowest BCUT2D eigenvalue weighted by Crippen LogP contribution is -2.23. The van der Waals surface area contributed by atoms with Crippen LogP contribution in [0.4, 0.5) is 0 Å². The van der Waals surface area contributed by atoms with Gasteiger partial charge in [-0.05, 0) is 23.3 Å². The van der Waals surface area contributed by atoms with Crippen LogP contribution in [0.15, 0.2) is 35.9 Å². The molecular weight excluding hydrogens is 194 g/mol. The number of thiocarbonyl (C=S) groups is 1. The van der Waals surface area contributed by atoms with Crippen molar-refractivity contribution >= 4 is 29.6 Å². The minimum absolute atomic E-state index is 0.156. The molecule has 72 valence electrons. The first-order valence-corrected chi connectivity index (χ1v) is 4.44. The molecule has 0 saturated carbocycles. The van der Waals surface area contributed by atoms with Gasteiger partial charge in [-0.2, -0.15) is 5.10 Å². The second kappa shape index (κ2) is 5.14. The van der Waals surface area contributed by atoms with Gasteiger partial charge < -0.3 is 5.73 Å². The van der Waals surface area contributed by atoms with Gasteiger partial charge in [0.05, 0.1) is 6.21 Å². The van der Waals surface area contributed by atoms with Crippen molar-refractivity contribution in [3.63, 3.8) is 0 Å². The van der Waals surface area contributed by atoms with Crippen LogP contribution in [-0.2, 0) is 0 Å². The summed E-state index contributed by atoms with van der Waals surface area (Å²) in [7, 11) is 0. The van der Waals surface area contributed by atoms with E-state index in [0.717, 1.165) is 11.1 Å². The van der Waals surface area contributed by atoms with E-state index in [1.165, 1.54) is 0 Å². The highest BCUT2D eigenvalue weighted by Gasteiger charge is 1.87. The standard InChI is InChI=1S/C10H11N3S/c1-2-8-3-5-9(6-4-8)7-12-13-10(11)14/h2-7H,1H2,(H3,11,13,14)/b12-7+. The Hall–Kier alpha value is -1.68. The fraction of sp³-hybridized carbons (Fsp3) is 0. The molecule has 0 bridgehead atoms. The number of benzene rings is 1. The molecule has 0 heterocycles. The molecule has 0 aliphatic heterocycles. The van der Waals surface area contributed by atoms with Crippen LogP contribution in [0.5, 0.6) is 0 Å². The van der Waals surface area contributed by atoms with Crippen LogP contribution in [0.25, 0.3) is 6.08 Å². The molecule has 4 heteroatoms. The molecule has 0 unspecified atom stereocenters. The minimum Gasteiger partial charge on any atom is -0.375 e. The maximum Gasteiger partial charge on any atom is 0.184 e. The van der Waals surface area contributed by atoms with Gasteiger partial charge in [-0.25, -0.2) is 0 Å². The molecule has 1 aromatic rings. The van der Waals surface area contributed by atoms with Crippen molar-refractivity contribution in [1.29, 1.82) is 0 Å². The van der Waals surface area contributed by atoms with Gasteiger partial charge in [-0.15, -0.1) is 0 Å². The minimum atomic E-state index is 0.156. The predicted octanol–water partition coefficient (Wildman–Crippen LogP) is 1.50. The van der Waals surface area contributed by atoms with Crippen molar-refractivity contribution in [2.45, 2.75) is 0 Å². The average Bonchev–Trinajstić information content (AvgIpc) is 2.18. The second-order valence-electron chi connectivity index (χ2n) is 2.61. The molecule has 0 atom stereocenters. The van der Waals surface area contributed by atoms with Crippen molar-refractivity contribution in [2.24, 2.45) is 10.8 Å². The van der Waals surface area contributed by atoms with E-state index in [9.17, 15) is 0 Å². The first-order valence-electron chi connectivity index (χ1n) is 4.03. The zero-order valence-corrected chi connectivity index (χ0v) is 8.42. The number of rotatable bonds is 3. The largest absolute Gasteiger partial charge is 0.375 e. The van der Waals surface area contributed by atoms with Crippen LogP contribution in [0.3, 0.4) is 0 Å². The first kappa shape index (κ1) is 10.4. The third-order valence-corrected chi connectivity index (χ3v) is 1.65. The first-order chi connectivity index (χ1) is 6.72. The van der Waals surface area contributed by atoms with Gasteiger partial charge in [-0.3, -0.25) is 5.43 Å². The summed E-state index contributed by atoms with van der Waals surface area (Å²) < 4.78 is 0. The maximum atomic E-state index is 5.20. The zero-order valence-electron chi connectivity index (χ0n) is 7.60. The maximum absolute atomic E-state index is 5.20. The molecule has 0 fully saturated rings. The van der Waals surface area contributed by atoms with Crippen LogP contribution in [0, 0.1) is 0 Å². The number of nitrogens with zero attached hydrogens (tertiary/aromatic N) is 1.